The van der Waals surface area contributed by atoms with E-state index in [9.17, 15) is 14.9 Å². The van der Waals surface area contributed by atoms with Crippen molar-refractivity contribution in [1.29, 1.82) is 0 Å². The molecule has 1 aromatic heterocycles. The monoisotopic (exact) mass is 427 g/mol. The van der Waals surface area contributed by atoms with Crippen LogP contribution >= 0.6 is 11.6 Å². The molecule has 0 fully saturated rings. The lowest BCUT2D eigenvalue weighted by atomic mass is 10.1. The molecule has 1 N–H and O–H groups in total. The van der Waals surface area contributed by atoms with Crippen LogP contribution in [0.15, 0.2) is 58.0 Å². The van der Waals surface area contributed by atoms with Gasteiger partial charge in [0.1, 0.15) is 11.5 Å². The van der Waals surface area contributed by atoms with Gasteiger partial charge in [-0.1, -0.05) is 29.8 Å². The standard InChI is InChI=1S/C21H18ClN3O5/c1-13-3-7-20(18(9-13)25(27)28)29-12-21(26)24-23-11-16-6-8-19(30-16)15-5-4-14(2)17(22)10-15/h3-11H,12H2,1-2H3,(H,24,26)/b23-11+. The predicted octanol–water partition coefficient (Wildman–Crippen LogP) is 4.65. The van der Waals surface area contributed by atoms with Gasteiger partial charge < -0.3 is 9.15 Å². The molecule has 1 heterocycles. The van der Waals surface area contributed by atoms with Crippen molar-refractivity contribution in [2.24, 2.45) is 5.10 Å². The molecule has 1 amide bonds. The van der Waals surface area contributed by atoms with Crippen molar-refractivity contribution in [3.63, 3.8) is 0 Å². The first-order valence-corrected chi connectivity index (χ1v) is 9.27. The van der Waals surface area contributed by atoms with Gasteiger partial charge >= 0.3 is 5.69 Å². The second-order valence-corrected chi connectivity index (χ2v) is 6.88. The number of benzene rings is 2. The molecule has 154 valence electrons. The van der Waals surface area contributed by atoms with Crippen LogP contribution in [-0.4, -0.2) is 23.7 Å². The number of furan rings is 1. The van der Waals surface area contributed by atoms with E-state index in [1.807, 2.05) is 19.1 Å². The zero-order valence-corrected chi connectivity index (χ0v) is 17.0. The predicted molar refractivity (Wildman–Crippen MR) is 113 cm³/mol. The number of hydrogen-bond acceptors (Lipinski definition) is 6. The molecule has 8 nitrogen and oxygen atoms in total. The molecule has 0 aliphatic rings. The van der Waals surface area contributed by atoms with Crippen molar-refractivity contribution in [2.45, 2.75) is 13.8 Å². The van der Waals surface area contributed by atoms with Gasteiger partial charge in [-0.3, -0.25) is 14.9 Å². The summed E-state index contributed by atoms with van der Waals surface area (Å²) in [7, 11) is 0. The first-order chi connectivity index (χ1) is 14.3. The third-order valence-corrected chi connectivity index (χ3v) is 4.54. The van der Waals surface area contributed by atoms with E-state index in [0.29, 0.717) is 22.1 Å². The second-order valence-electron chi connectivity index (χ2n) is 6.48. The van der Waals surface area contributed by atoms with E-state index in [2.05, 4.69) is 10.5 Å². The highest BCUT2D eigenvalue weighted by atomic mass is 35.5. The van der Waals surface area contributed by atoms with Crippen LogP contribution in [0.25, 0.3) is 11.3 Å². The van der Waals surface area contributed by atoms with Crippen molar-refractivity contribution in [1.82, 2.24) is 5.43 Å². The summed E-state index contributed by atoms with van der Waals surface area (Å²) < 4.78 is 10.9. The highest BCUT2D eigenvalue weighted by molar-refractivity contribution is 6.31. The Balaban J connectivity index is 1.56. The molecule has 3 aromatic rings. The highest BCUT2D eigenvalue weighted by Crippen LogP contribution is 2.28. The molecule has 0 atom stereocenters. The Bertz CT molecular complexity index is 1120. The molecular formula is C21H18ClN3O5. The van der Waals surface area contributed by atoms with Crippen LogP contribution in [0, 0.1) is 24.0 Å². The molecule has 0 aliphatic carbocycles. The van der Waals surface area contributed by atoms with Gasteiger partial charge in [-0.25, -0.2) is 5.43 Å². The van der Waals surface area contributed by atoms with Gasteiger partial charge in [-0.2, -0.15) is 5.10 Å². The zero-order valence-electron chi connectivity index (χ0n) is 16.2. The van der Waals surface area contributed by atoms with Crippen LogP contribution in [0.5, 0.6) is 5.75 Å². The molecule has 30 heavy (non-hydrogen) atoms. The van der Waals surface area contributed by atoms with E-state index in [0.717, 1.165) is 11.1 Å². The number of hydrazone groups is 1. The number of hydrogen-bond donors (Lipinski definition) is 1. The Morgan fingerprint density at radius 1 is 1.23 bits per heavy atom. The summed E-state index contributed by atoms with van der Waals surface area (Å²) in [5.41, 5.74) is 4.58. The fraction of sp³-hybridized carbons (Fsp3) is 0.143. The first-order valence-electron chi connectivity index (χ1n) is 8.89. The van der Waals surface area contributed by atoms with Crippen LogP contribution in [0.1, 0.15) is 16.9 Å². The average molecular weight is 428 g/mol. The number of halogens is 1. The highest BCUT2D eigenvalue weighted by Gasteiger charge is 2.16. The summed E-state index contributed by atoms with van der Waals surface area (Å²) in [5.74, 6) is 0.479. The van der Waals surface area contributed by atoms with Crippen molar-refractivity contribution in [2.75, 3.05) is 6.61 Å². The summed E-state index contributed by atoms with van der Waals surface area (Å²) in [6.45, 7) is 3.22. The minimum absolute atomic E-state index is 0.0113. The molecule has 2 aromatic carbocycles. The smallest absolute Gasteiger partial charge is 0.311 e. The number of aryl methyl sites for hydroxylation is 2. The van der Waals surface area contributed by atoms with E-state index >= 15 is 0 Å². The van der Waals surface area contributed by atoms with Crippen LogP contribution in [0.4, 0.5) is 5.69 Å². The SMILES string of the molecule is Cc1ccc(OCC(=O)N/N=C/c2ccc(-c3ccc(C)c(Cl)c3)o2)c([N+](=O)[O-])c1. The first kappa shape index (κ1) is 21.1. The third kappa shape index (κ3) is 5.24. The van der Waals surface area contributed by atoms with E-state index in [1.165, 1.54) is 18.3 Å². The van der Waals surface area contributed by atoms with Gasteiger partial charge in [-0.05, 0) is 49.2 Å². The topological polar surface area (TPSA) is 107 Å². The summed E-state index contributed by atoms with van der Waals surface area (Å²) in [4.78, 5) is 22.4. The number of carbonyl (C=O) groups is 1. The van der Waals surface area contributed by atoms with Gasteiger partial charge in [0, 0.05) is 16.7 Å². The minimum atomic E-state index is -0.571. The number of nitro benzene ring substituents is 1. The van der Waals surface area contributed by atoms with E-state index < -0.39 is 17.4 Å². The van der Waals surface area contributed by atoms with Crippen LogP contribution in [0.3, 0.4) is 0 Å². The van der Waals surface area contributed by atoms with E-state index in [-0.39, 0.29) is 11.4 Å². The third-order valence-electron chi connectivity index (χ3n) is 4.13. The Labute approximate surface area is 177 Å². The Hall–Kier alpha value is -3.65. The number of ether oxygens (including phenoxy) is 1. The molecule has 0 aliphatic heterocycles. The number of amides is 1. The lowest BCUT2D eigenvalue weighted by Gasteiger charge is -2.06. The molecule has 0 saturated carbocycles. The van der Waals surface area contributed by atoms with Gasteiger partial charge in [0.05, 0.1) is 11.1 Å². The van der Waals surface area contributed by atoms with Gasteiger partial charge in [-0.15, -0.1) is 0 Å². The van der Waals surface area contributed by atoms with Crippen LogP contribution in [0.2, 0.25) is 5.02 Å². The summed E-state index contributed by atoms with van der Waals surface area (Å²) in [6.07, 6.45) is 1.34. The molecule has 0 radical (unpaired) electrons. The van der Waals surface area contributed by atoms with Gasteiger partial charge in [0.25, 0.3) is 5.91 Å². The maximum Gasteiger partial charge on any atom is 0.311 e. The zero-order chi connectivity index (χ0) is 21.7. The summed E-state index contributed by atoms with van der Waals surface area (Å²) >= 11 is 6.13. The average Bonchev–Trinajstić information content (AvgIpc) is 3.18. The normalized spacial score (nSPS) is 10.9. The number of nitrogens with one attached hydrogen (secondary N) is 1. The van der Waals surface area contributed by atoms with Crippen molar-refractivity contribution in [3.05, 3.63) is 80.6 Å². The number of nitrogens with zero attached hydrogens (tertiary/aromatic N) is 2. The van der Waals surface area contributed by atoms with Gasteiger partial charge in [0.15, 0.2) is 12.4 Å². The molecule has 0 bridgehead atoms. The summed E-state index contributed by atoms with van der Waals surface area (Å²) in [6, 6.07) is 13.5. The fourth-order valence-electron chi connectivity index (χ4n) is 2.56. The molecule has 3 rings (SSSR count). The molecule has 0 saturated heterocycles. The Morgan fingerprint density at radius 2 is 2.03 bits per heavy atom. The van der Waals surface area contributed by atoms with E-state index in [4.69, 9.17) is 20.8 Å². The van der Waals surface area contributed by atoms with Gasteiger partial charge in [0.2, 0.25) is 0 Å². The second kappa shape index (κ2) is 9.23. The quantitative estimate of drug-likeness (QED) is 0.335. The molecular weight excluding hydrogens is 410 g/mol. The lowest BCUT2D eigenvalue weighted by molar-refractivity contribution is -0.385. The number of rotatable bonds is 7. The largest absolute Gasteiger partial charge is 0.477 e. The van der Waals surface area contributed by atoms with Crippen molar-refractivity contribution >= 4 is 29.4 Å². The Morgan fingerprint density at radius 3 is 2.77 bits per heavy atom. The van der Waals surface area contributed by atoms with E-state index in [1.54, 1.807) is 31.2 Å². The Kier molecular flexibility index (Phi) is 6.48. The van der Waals surface area contributed by atoms with Crippen LogP contribution in [-0.2, 0) is 4.79 Å². The summed E-state index contributed by atoms with van der Waals surface area (Å²) in [5, 5.41) is 15.5. The fourth-order valence-corrected chi connectivity index (χ4v) is 2.74. The maximum atomic E-state index is 11.9. The lowest BCUT2D eigenvalue weighted by Crippen LogP contribution is -2.24. The molecule has 9 heteroatoms. The van der Waals surface area contributed by atoms with Crippen LogP contribution < -0.4 is 10.2 Å². The number of nitro groups is 1. The number of carbonyl (C=O) groups excluding carboxylic acids is 1. The minimum Gasteiger partial charge on any atom is -0.477 e. The van der Waals surface area contributed by atoms with Crippen molar-refractivity contribution < 1.29 is 18.9 Å². The van der Waals surface area contributed by atoms with Crippen molar-refractivity contribution in [3.8, 4) is 17.1 Å². The molecule has 0 unspecified atom stereocenters. The maximum absolute atomic E-state index is 11.9. The molecule has 0 spiro atoms.